The second-order valence-corrected chi connectivity index (χ2v) is 20.5. The van der Waals surface area contributed by atoms with Crippen LogP contribution in [-0.4, -0.2) is 13.7 Å². The van der Waals surface area contributed by atoms with E-state index in [1.807, 2.05) is 0 Å². The summed E-state index contributed by atoms with van der Waals surface area (Å²) in [7, 11) is 0. The number of furan rings is 1. The number of fused-ring (bicyclic) bond motifs is 13. The molecule has 1 aliphatic carbocycles. The Bertz CT molecular complexity index is 4650. The minimum Gasteiger partial charge on any atom is -0.460 e. The highest BCUT2D eigenvalue weighted by Gasteiger charge is 2.22. The maximum atomic E-state index is 6.36. The molecule has 0 aliphatic heterocycles. The lowest BCUT2D eigenvalue weighted by Crippen LogP contribution is -1.95. The van der Waals surface area contributed by atoms with Crippen LogP contribution in [0.3, 0.4) is 0 Å². The molecule has 0 saturated heterocycles. The molecule has 1 unspecified atom stereocenters. The summed E-state index contributed by atoms with van der Waals surface area (Å²) in [5.74, 6) is 1.49. The van der Waals surface area contributed by atoms with Crippen LogP contribution in [0, 0.1) is 0 Å². The van der Waals surface area contributed by atoms with Gasteiger partial charge in [-0.25, -0.2) is 0 Å². The number of rotatable bonds is 6. The summed E-state index contributed by atoms with van der Waals surface area (Å²) >= 11 is 0. The van der Waals surface area contributed by atoms with Crippen LogP contribution in [0.25, 0.3) is 144 Å². The van der Waals surface area contributed by atoms with E-state index in [0.29, 0.717) is 5.92 Å². The van der Waals surface area contributed by atoms with Crippen LogP contribution in [0.2, 0.25) is 0 Å². The smallest absolute Gasteiger partial charge is 0.134 e. The third-order valence-corrected chi connectivity index (χ3v) is 16.2. The van der Waals surface area contributed by atoms with E-state index in [9.17, 15) is 0 Å². The molecule has 1 aliphatic rings. The van der Waals surface area contributed by atoms with Crippen molar-refractivity contribution in [2.45, 2.75) is 19.3 Å². The van der Waals surface area contributed by atoms with E-state index < -0.39 is 0 Å². The van der Waals surface area contributed by atoms with Crippen molar-refractivity contribution in [1.29, 1.82) is 0 Å². The summed E-state index contributed by atoms with van der Waals surface area (Å²) in [5, 5.41) is 11.0. The van der Waals surface area contributed by atoms with Gasteiger partial charge in [0.05, 0.1) is 33.1 Å². The van der Waals surface area contributed by atoms with Crippen molar-refractivity contribution in [3.63, 3.8) is 0 Å². The van der Waals surface area contributed by atoms with E-state index in [4.69, 9.17) is 4.42 Å². The fourth-order valence-electron chi connectivity index (χ4n) is 12.6. The predicted octanol–water partition coefficient (Wildman–Crippen LogP) is 19.4. The molecule has 0 bridgehead atoms. The number of hydrogen-bond donors (Lipinski definition) is 0. The molecular weight excluding hydrogens is 911 g/mol. The van der Waals surface area contributed by atoms with Crippen LogP contribution in [0.5, 0.6) is 0 Å². The monoisotopic (exact) mass is 957 g/mol. The first kappa shape index (κ1) is 41.9. The number of aromatic nitrogens is 3. The molecule has 0 fully saturated rings. The first-order valence-electron chi connectivity index (χ1n) is 26.1. The van der Waals surface area contributed by atoms with Gasteiger partial charge in [0.2, 0.25) is 0 Å². The quantitative estimate of drug-likeness (QED) is 0.163. The van der Waals surface area contributed by atoms with E-state index >= 15 is 0 Å². The van der Waals surface area contributed by atoms with Crippen LogP contribution in [-0.2, 0) is 0 Å². The molecule has 352 valence electrons. The molecule has 4 heteroatoms. The summed E-state index contributed by atoms with van der Waals surface area (Å²) in [4.78, 5) is 0. The molecule has 11 aromatic carbocycles. The zero-order valence-electron chi connectivity index (χ0n) is 41.2. The van der Waals surface area contributed by atoms with Crippen LogP contribution >= 0.6 is 0 Å². The third-order valence-electron chi connectivity index (χ3n) is 16.2. The summed E-state index contributed by atoms with van der Waals surface area (Å²) in [5.41, 5.74) is 19.9. The number of nitrogens with zero attached hydrogens (tertiary/aromatic N) is 3. The van der Waals surface area contributed by atoms with E-state index in [-0.39, 0.29) is 0 Å². The molecule has 0 saturated carbocycles. The second kappa shape index (κ2) is 16.2. The number of allylic oxidation sites excluding steroid dienone is 1. The average molecular weight is 958 g/mol. The maximum absolute atomic E-state index is 6.36. The molecule has 15 aromatic rings. The van der Waals surface area contributed by atoms with Gasteiger partial charge in [-0.15, -0.1) is 0 Å². The van der Waals surface area contributed by atoms with Crippen molar-refractivity contribution in [3.8, 4) is 50.4 Å². The van der Waals surface area contributed by atoms with E-state index in [0.717, 1.165) is 34.8 Å². The Morgan fingerprint density at radius 2 is 0.733 bits per heavy atom. The molecule has 0 amide bonds. The fourth-order valence-corrected chi connectivity index (χ4v) is 12.6. The minimum atomic E-state index is 0.389. The Kier molecular flexibility index (Phi) is 9.05. The van der Waals surface area contributed by atoms with Gasteiger partial charge in [-0.1, -0.05) is 140 Å². The van der Waals surface area contributed by atoms with E-state index in [2.05, 4.69) is 269 Å². The molecule has 4 nitrogen and oxygen atoms in total. The molecule has 4 heterocycles. The lowest BCUT2D eigenvalue weighted by Gasteiger charge is -2.12. The topological polar surface area (TPSA) is 27.9 Å². The molecule has 0 spiro atoms. The number of para-hydroxylation sites is 4. The zero-order chi connectivity index (χ0) is 49.3. The SMILES string of the molecule is CC1CC=Cc2c1oc1ccc(-c3ccc4cc(-n5c6ccc(-c7ccc8c(c7)c7ccccc7n8-c7ccccc7)cc6c6cc(-c7ccc8c(c7)c7ccccc7n8-c7ccccc7)ccc65)ccc4c3)cc21. The van der Waals surface area contributed by atoms with Gasteiger partial charge in [0, 0.05) is 66.2 Å². The first-order chi connectivity index (χ1) is 37.1. The number of hydrogen-bond acceptors (Lipinski definition) is 1. The highest BCUT2D eigenvalue weighted by Crippen LogP contribution is 2.43. The lowest BCUT2D eigenvalue weighted by molar-refractivity contribution is 0.504. The van der Waals surface area contributed by atoms with Gasteiger partial charge in [-0.2, -0.15) is 0 Å². The Morgan fingerprint density at radius 1 is 0.333 bits per heavy atom. The number of benzene rings is 11. The van der Waals surface area contributed by atoms with E-state index in [1.54, 1.807) is 0 Å². The van der Waals surface area contributed by atoms with Crippen molar-refractivity contribution >= 4 is 93.2 Å². The molecule has 1 atom stereocenters. The average Bonchev–Trinajstić information content (AvgIpc) is 4.27. The maximum Gasteiger partial charge on any atom is 0.134 e. The largest absolute Gasteiger partial charge is 0.460 e. The molecule has 0 N–H and O–H groups in total. The Morgan fingerprint density at radius 3 is 1.28 bits per heavy atom. The van der Waals surface area contributed by atoms with Crippen LogP contribution < -0.4 is 0 Å². The zero-order valence-corrected chi connectivity index (χ0v) is 41.2. The van der Waals surface area contributed by atoms with Crippen LogP contribution in [0.1, 0.15) is 30.6 Å². The van der Waals surface area contributed by atoms with Crippen molar-refractivity contribution in [2.24, 2.45) is 0 Å². The molecule has 0 radical (unpaired) electrons. The first-order valence-corrected chi connectivity index (χ1v) is 26.1. The Balaban J connectivity index is 0.856. The lowest BCUT2D eigenvalue weighted by atomic mass is 9.93. The third kappa shape index (κ3) is 6.43. The van der Waals surface area contributed by atoms with Crippen molar-refractivity contribution in [2.75, 3.05) is 0 Å². The van der Waals surface area contributed by atoms with Crippen molar-refractivity contribution in [3.05, 3.63) is 254 Å². The second-order valence-electron chi connectivity index (χ2n) is 20.5. The highest BCUT2D eigenvalue weighted by atomic mass is 16.3. The van der Waals surface area contributed by atoms with Crippen molar-refractivity contribution in [1.82, 2.24) is 13.7 Å². The van der Waals surface area contributed by atoms with Gasteiger partial charge < -0.3 is 18.1 Å². The molecule has 4 aromatic heterocycles. The van der Waals surface area contributed by atoms with Gasteiger partial charge in [-0.05, 0) is 166 Å². The summed E-state index contributed by atoms with van der Waals surface area (Å²) in [6, 6.07) is 87.5. The molecule has 16 rings (SSSR count). The molecular formula is C71H47N3O. The van der Waals surface area contributed by atoms with E-state index in [1.165, 1.54) is 121 Å². The standard InChI is InChI=1S/C71H47N3O/c1-44-13-12-20-58-63-43-52(30-36-70(63)75-71(44)58)45-23-24-47-38-55(31-25-46(47)37-45)74-68-34-28-50(48-26-32-66-59(39-48)56-18-8-10-21-64(56)72(66)53-14-4-2-5-15-53)41-61(68)62-42-51(29-35-69(62)74)49-27-33-67-60(40-49)57-19-9-11-22-65(57)73(67)54-16-6-3-7-17-54/h2-12,14-44H,13H2,1H3. The Labute approximate surface area is 432 Å². The van der Waals surface area contributed by atoms with Gasteiger partial charge in [-0.3, -0.25) is 0 Å². The molecule has 75 heavy (non-hydrogen) atoms. The Hall–Kier alpha value is -9.64. The van der Waals surface area contributed by atoms with Crippen LogP contribution in [0.4, 0.5) is 0 Å². The summed E-state index contributed by atoms with van der Waals surface area (Å²) < 4.78 is 13.6. The fraction of sp³-hybridized carbons (Fsp3) is 0.0423. The van der Waals surface area contributed by atoms with Gasteiger partial charge in [0.1, 0.15) is 11.3 Å². The van der Waals surface area contributed by atoms with Gasteiger partial charge in [0.15, 0.2) is 0 Å². The highest BCUT2D eigenvalue weighted by molar-refractivity contribution is 6.15. The van der Waals surface area contributed by atoms with Gasteiger partial charge in [0.25, 0.3) is 0 Å². The predicted molar refractivity (Wildman–Crippen MR) is 315 cm³/mol. The van der Waals surface area contributed by atoms with Gasteiger partial charge >= 0.3 is 0 Å². The summed E-state index contributed by atoms with van der Waals surface area (Å²) in [6.45, 7) is 2.25. The minimum absolute atomic E-state index is 0.389. The summed E-state index contributed by atoms with van der Waals surface area (Å²) in [6.07, 6.45) is 5.53. The normalized spacial score (nSPS) is 13.7. The van der Waals surface area contributed by atoms with Crippen LogP contribution in [0.15, 0.2) is 247 Å². The van der Waals surface area contributed by atoms with Crippen molar-refractivity contribution < 1.29 is 4.42 Å².